The van der Waals surface area contributed by atoms with E-state index in [1.807, 2.05) is 26.0 Å². The third kappa shape index (κ3) is 8.58. The number of carboxylic acids is 1. The van der Waals surface area contributed by atoms with Crippen LogP contribution in [0.2, 0.25) is 0 Å². The Morgan fingerprint density at radius 2 is 1.61 bits per heavy atom. The van der Waals surface area contributed by atoms with Crippen LogP contribution in [0, 0.1) is 17.8 Å². The molecule has 0 unspecified atom stereocenters. The third-order valence-corrected chi connectivity index (χ3v) is 16.2. The molecule has 16 nitrogen and oxygen atoms in total. The van der Waals surface area contributed by atoms with Gasteiger partial charge in [0.15, 0.2) is 17.4 Å². The molecule has 0 aromatic carbocycles. The number of ketones is 1. The Bertz CT molecular complexity index is 1870. The van der Waals surface area contributed by atoms with Crippen molar-refractivity contribution in [1.82, 2.24) is 0 Å². The van der Waals surface area contributed by atoms with Gasteiger partial charge in [0.2, 0.25) is 5.79 Å². The van der Waals surface area contributed by atoms with E-state index in [2.05, 4.69) is 19.9 Å². The molecule has 9 heterocycles. The van der Waals surface area contributed by atoms with Crippen molar-refractivity contribution in [1.29, 1.82) is 0 Å². The van der Waals surface area contributed by atoms with Crippen LogP contribution in [0.25, 0.3) is 0 Å². The third-order valence-electron chi connectivity index (χ3n) is 16.2. The van der Waals surface area contributed by atoms with Gasteiger partial charge in [-0.2, -0.15) is 0 Å². The Labute approximate surface area is 375 Å². The largest absolute Gasteiger partial charge is 0.481 e. The number of fused-ring (bicyclic) bond motifs is 10. The first kappa shape index (κ1) is 46.7. The predicted molar refractivity (Wildman–Crippen MR) is 224 cm³/mol. The number of hydrogen-bond acceptors (Lipinski definition) is 15. The van der Waals surface area contributed by atoms with Crippen LogP contribution in [0.1, 0.15) is 138 Å². The summed E-state index contributed by atoms with van der Waals surface area (Å²) in [4.78, 5) is 40.4. The summed E-state index contributed by atoms with van der Waals surface area (Å²) >= 11 is 0. The van der Waals surface area contributed by atoms with Gasteiger partial charge in [0, 0.05) is 38.5 Å². The van der Waals surface area contributed by atoms with Crippen molar-refractivity contribution in [2.24, 2.45) is 17.8 Å². The minimum atomic E-state index is -1.98. The molecule has 9 aliphatic heterocycles. The highest BCUT2D eigenvalue weighted by molar-refractivity contribution is 5.87. The fourth-order valence-corrected chi connectivity index (χ4v) is 12.8. The first-order chi connectivity index (χ1) is 30.2. The van der Waals surface area contributed by atoms with E-state index >= 15 is 0 Å². The Morgan fingerprint density at radius 3 is 2.39 bits per heavy atom. The van der Waals surface area contributed by atoms with Crippen molar-refractivity contribution in [3.8, 4) is 0 Å². The van der Waals surface area contributed by atoms with E-state index in [-0.39, 0.29) is 49.9 Å². The summed E-state index contributed by atoms with van der Waals surface area (Å²) in [7, 11) is 0. The lowest BCUT2D eigenvalue weighted by atomic mass is 9.86. The molecule has 16 heteroatoms. The summed E-state index contributed by atoms with van der Waals surface area (Å²) in [6.45, 7) is 11.7. The van der Waals surface area contributed by atoms with Gasteiger partial charge in [-0.25, -0.2) is 0 Å². The quantitative estimate of drug-likeness (QED) is 0.282. The highest BCUT2D eigenvalue weighted by Crippen LogP contribution is 2.56. The number of esters is 1. The lowest BCUT2D eigenvalue weighted by Crippen LogP contribution is -2.59. The summed E-state index contributed by atoms with van der Waals surface area (Å²) in [5, 5.41) is 44.9. The van der Waals surface area contributed by atoms with E-state index in [0.29, 0.717) is 70.6 Å². The zero-order chi connectivity index (χ0) is 45.6. The molecule has 0 saturated carbocycles. The Morgan fingerprint density at radius 1 is 0.828 bits per heavy atom. The molecule has 19 atom stereocenters. The fourth-order valence-electron chi connectivity index (χ4n) is 12.8. The number of hydrogen-bond donors (Lipinski definition) is 4. The van der Waals surface area contributed by atoms with Gasteiger partial charge in [-0.15, -0.1) is 0 Å². The lowest BCUT2D eigenvalue weighted by Gasteiger charge is -2.47. The summed E-state index contributed by atoms with van der Waals surface area (Å²) in [5.41, 5.74) is -2.05. The van der Waals surface area contributed by atoms with E-state index in [0.717, 1.165) is 5.57 Å². The number of ether oxygens (including phenoxy) is 9. The summed E-state index contributed by atoms with van der Waals surface area (Å²) in [6, 6.07) is 0. The van der Waals surface area contributed by atoms with Crippen LogP contribution in [-0.2, 0) is 57.0 Å². The number of aliphatic hydroxyl groups is 3. The highest BCUT2D eigenvalue weighted by Gasteiger charge is 2.66. The molecule has 358 valence electrons. The molecule has 9 rings (SSSR count). The smallest absolute Gasteiger partial charge is 0.311 e. The first-order valence-corrected chi connectivity index (χ1v) is 24.0. The molecule has 0 amide bonds. The van der Waals surface area contributed by atoms with Gasteiger partial charge in [-0.3, -0.25) is 14.4 Å². The van der Waals surface area contributed by atoms with E-state index in [1.165, 1.54) is 0 Å². The van der Waals surface area contributed by atoms with E-state index in [9.17, 15) is 34.8 Å². The molecule has 0 aliphatic carbocycles. The second kappa shape index (κ2) is 17.0. The SMILES string of the molecule is CC1=C/[C@@H](C)C[C@]2(C)CC[C@H](O2)[C@]23CC[C@](CC(=O)O)(C[C@H](O2)[C@@H]2O[C@@](C)(CC2=O)[C@H](O)[C@H]2CC[C@@]4(CCC[C@@H](O4)[C@H](C)C(=O)O[C@H]4C[C@H]([C@]5(O)OCC[C@H](C)[C@@H]5O)O[C@H]4/C=C\1)O2)O3. The van der Waals surface area contributed by atoms with Gasteiger partial charge >= 0.3 is 11.9 Å². The molecule has 10 bridgehead atoms. The minimum absolute atomic E-state index is 0.0476. The van der Waals surface area contributed by atoms with Crippen LogP contribution in [0.4, 0.5) is 0 Å². The van der Waals surface area contributed by atoms with Crippen LogP contribution >= 0.6 is 0 Å². The first-order valence-electron chi connectivity index (χ1n) is 24.0. The number of carbonyl (C=O) groups excluding carboxylic acids is 2. The predicted octanol–water partition coefficient (Wildman–Crippen LogP) is 4.71. The number of aliphatic hydroxyl groups excluding tert-OH is 2. The summed E-state index contributed by atoms with van der Waals surface area (Å²) < 4.78 is 58.8. The topological polar surface area (TPSA) is 215 Å². The molecule has 9 aliphatic rings. The second-order valence-corrected chi connectivity index (χ2v) is 21.6. The van der Waals surface area contributed by atoms with E-state index in [4.69, 9.17) is 42.6 Å². The van der Waals surface area contributed by atoms with Crippen LogP contribution < -0.4 is 0 Å². The number of aliphatic carboxylic acids is 1. The van der Waals surface area contributed by atoms with Crippen molar-refractivity contribution in [3.05, 3.63) is 23.8 Å². The zero-order valence-corrected chi connectivity index (χ0v) is 38.2. The Kier molecular flexibility index (Phi) is 12.4. The molecule has 8 fully saturated rings. The van der Waals surface area contributed by atoms with Crippen molar-refractivity contribution in [2.75, 3.05) is 6.61 Å². The average molecular weight is 903 g/mol. The lowest BCUT2D eigenvalue weighted by molar-refractivity contribution is -0.362. The molecule has 0 aromatic rings. The molecule has 0 aromatic heterocycles. The molecular formula is C48H70O16. The van der Waals surface area contributed by atoms with Gasteiger partial charge in [-0.05, 0) is 90.9 Å². The van der Waals surface area contributed by atoms with Crippen molar-refractivity contribution in [3.63, 3.8) is 0 Å². The molecule has 2 spiro atoms. The zero-order valence-electron chi connectivity index (χ0n) is 38.2. The van der Waals surface area contributed by atoms with Crippen molar-refractivity contribution >= 4 is 17.7 Å². The van der Waals surface area contributed by atoms with Crippen LogP contribution in [-0.4, -0.2) is 140 Å². The van der Waals surface area contributed by atoms with Crippen LogP contribution in [0.15, 0.2) is 23.8 Å². The maximum Gasteiger partial charge on any atom is 0.311 e. The Hall–Kier alpha value is -2.35. The number of carbonyl (C=O) groups is 3. The summed E-state index contributed by atoms with van der Waals surface area (Å²) in [6.07, 6.45) is 3.21. The summed E-state index contributed by atoms with van der Waals surface area (Å²) in [5.74, 6) is -6.96. The van der Waals surface area contributed by atoms with Crippen molar-refractivity contribution in [2.45, 2.75) is 233 Å². The second-order valence-electron chi connectivity index (χ2n) is 21.6. The Balaban J connectivity index is 1.01. The number of rotatable bonds is 3. The molecular weight excluding hydrogens is 833 g/mol. The maximum atomic E-state index is 14.1. The van der Waals surface area contributed by atoms with Gasteiger partial charge in [-0.1, -0.05) is 37.6 Å². The number of Topliss-reactive ketones (excluding diaryl/α,β-unsaturated/α-hetero) is 1. The highest BCUT2D eigenvalue weighted by atomic mass is 16.8. The minimum Gasteiger partial charge on any atom is -0.481 e. The van der Waals surface area contributed by atoms with Gasteiger partial charge < -0.3 is 63.1 Å². The standard InChI is InChI=1S/C48H70O16/c1-26-9-10-32-34(21-37(57-32)48(55)40(52)28(3)13-19-56-48)58-42(54)29(4)31-8-7-14-46(59-31)16-11-33(60-46)41(53)44(6)23-30(49)39(63-44)35-24-45(25-38(50)51)17-18-47(61-35,64-45)36-12-15-43(5,62-36)22-27(2)20-26/h9-10,20,27-29,31-37,39-41,52-53,55H,7-8,11-19,21-25H2,1-6H3,(H,50,51)/b10-9-,26-20-/t27-,28+,29+,31-,32+,33-,34+,35+,36+,37-,39-,40+,41-,43+,44+,45-,46-,47-,48+/m1/s1. The van der Waals surface area contributed by atoms with E-state index in [1.54, 1.807) is 13.8 Å². The molecule has 64 heavy (non-hydrogen) atoms. The van der Waals surface area contributed by atoms with Crippen LogP contribution in [0.3, 0.4) is 0 Å². The van der Waals surface area contributed by atoms with E-state index < -0.39 is 113 Å². The van der Waals surface area contributed by atoms with Crippen LogP contribution in [0.5, 0.6) is 0 Å². The fraction of sp³-hybridized carbons (Fsp3) is 0.854. The maximum absolute atomic E-state index is 14.1. The molecule has 0 radical (unpaired) electrons. The van der Waals surface area contributed by atoms with Gasteiger partial charge in [0.1, 0.15) is 48.3 Å². The molecule has 8 saturated heterocycles. The average Bonchev–Trinajstić information content (AvgIpc) is 4.05. The van der Waals surface area contributed by atoms with Gasteiger partial charge in [0.05, 0.1) is 48.5 Å². The number of allylic oxidation sites excluding steroid dienone is 3. The van der Waals surface area contributed by atoms with Gasteiger partial charge in [0.25, 0.3) is 0 Å². The van der Waals surface area contributed by atoms with Crippen molar-refractivity contribution < 1.29 is 77.4 Å². The molecule has 4 N–H and O–H groups in total. The monoisotopic (exact) mass is 902 g/mol. The number of carboxylic acid groups (broad SMARTS) is 1. The normalized spacial score (nSPS) is 53.6.